The molecule has 3 N–H and O–H groups in total. The molecule has 0 atom stereocenters. The van der Waals surface area contributed by atoms with Crippen LogP contribution < -0.4 is 16.0 Å². The van der Waals surface area contributed by atoms with E-state index in [1.54, 1.807) is 19.0 Å². The summed E-state index contributed by atoms with van der Waals surface area (Å²) in [5.41, 5.74) is 5.92. The van der Waals surface area contributed by atoms with E-state index < -0.39 is 9.84 Å². The van der Waals surface area contributed by atoms with Crippen molar-refractivity contribution in [1.82, 2.24) is 5.32 Å². The maximum atomic E-state index is 12.0. The number of hydrogen-bond acceptors (Lipinski definition) is 6. The molecular formula is C11H17N3O3S2. The Labute approximate surface area is 116 Å². The molecule has 0 aliphatic heterocycles. The Balaban J connectivity index is 2.48. The van der Waals surface area contributed by atoms with Crippen molar-refractivity contribution >= 4 is 37.8 Å². The zero-order chi connectivity index (χ0) is 14.4. The Morgan fingerprint density at radius 1 is 1.42 bits per heavy atom. The van der Waals surface area contributed by atoms with E-state index in [1.807, 2.05) is 0 Å². The normalized spacial score (nSPS) is 15.3. The van der Waals surface area contributed by atoms with Gasteiger partial charge in [-0.2, -0.15) is 0 Å². The smallest absolute Gasteiger partial charge is 0.263 e. The molecule has 106 valence electrons. The van der Waals surface area contributed by atoms with Gasteiger partial charge in [0.1, 0.15) is 14.8 Å². The van der Waals surface area contributed by atoms with Crippen molar-refractivity contribution in [3.8, 4) is 0 Å². The van der Waals surface area contributed by atoms with Gasteiger partial charge in [-0.1, -0.05) is 0 Å². The van der Waals surface area contributed by atoms with Crippen molar-refractivity contribution in [3.63, 3.8) is 0 Å². The van der Waals surface area contributed by atoms with Gasteiger partial charge in [0, 0.05) is 26.4 Å². The Morgan fingerprint density at radius 2 is 2.00 bits per heavy atom. The minimum atomic E-state index is -3.47. The van der Waals surface area contributed by atoms with E-state index in [-0.39, 0.29) is 27.4 Å². The summed E-state index contributed by atoms with van der Waals surface area (Å²) in [6, 6.07) is 0.207. The summed E-state index contributed by atoms with van der Waals surface area (Å²) in [5, 5.41) is 3.31. The third-order valence-corrected chi connectivity index (χ3v) is 5.43. The van der Waals surface area contributed by atoms with Crippen LogP contribution in [0.1, 0.15) is 22.5 Å². The van der Waals surface area contributed by atoms with Gasteiger partial charge in [-0.25, -0.2) is 8.42 Å². The fraction of sp³-hybridized carbons (Fsp3) is 0.545. The quantitative estimate of drug-likeness (QED) is 0.854. The van der Waals surface area contributed by atoms with E-state index in [0.717, 1.165) is 30.4 Å². The Morgan fingerprint density at radius 3 is 2.37 bits per heavy atom. The highest BCUT2D eigenvalue weighted by atomic mass is 32.2. The van der Waals surface area contributed by atoms with Crippen LogP contribution in [-0.4, -0.2) is 40.7 Å². The topological polar surface area (TPSA) is 92.5 Å². The molecule has 8 heteroatoms. The number of nitrogen functional groups attached to an aromatic ring is 1. The van der Waals surface area contributed by atoms with Crippen LogP contribution in [0.5, 0.6) is 0 Å². The van der Waals surface area contributed by atoms with E-state index in [1.165, 1.54) is 0 Å². The summed E-state index contributed by atoms with van der Waals surface area (Å²) in [6.45, 7) is 0. The molecule has 0 spiro atoms. The molecule has 0 radical (unpaired) electrons. The molecule has 0 unspecified atom stereocenters. The molecule has 6 nitrogen and oxygen atoms in total. The first kappa shape index (κ1) is 14.1. The molecule has 1 fully saturated rings. The van der Waals surface area contributed by atoms with E-state index in [2.05, 4.69) is 5.32 Å². The van der Waals surface area contributed by atoms with Gasteiger partial charge in [-0.3, -0.25) is 4.79 Å². The van der Waals surface area contributed by atoms with Crippen LogP contribution in [0.2, 0.25) is 0 Å². The zero-order valence-corrected chi connectivity index (χ0v) is 12.7. The molecule has 1 aliphatic carbocycles. The molecular weight excluding hydrogens is 286 g/mol. The second-order valence-electron chi connectivity index (χ2n) is 4.89. The monoisotopic (exact) mass is 303 g/mol. The molecule has 0 bridgehead atoms. The summed E-state index contributed by atoms with van der Waals surface area (Å²) in [5.74, 6) is -0.289. The van der Waals surface area contributed by atoms with E-state index >= 15 is 0 Å². The van der Waals surface area contributed by atoms with Crippen molar-refractivity contribution in [1.29, 1.82) is 0 Å². The van der Waals surface area contributed by atoms with E-state index in [9.17, 15) is 13.2 Å². The maximum absolute atomic E-state index is 12.0. The number of rotatable bonds is 4. The van der Waals surface area contributed by atoms with Gasteiger partial charge in [0.05, 0.1) is 5.69 Å². The number of nitrogens with zero attached hydrogens (tertiary/aromatic N) is 1. The van der Waals surface area contributed by atoms with Gasteiger partial charge in [0.15, 0.2) is 9.84 Å². The second-order valence-corrected chi connectivity index (χ2v) is 7.85. The van der Waals surface area contributed by atoms with Crippen LogP contribution in [-0.2, 0) is 9.84 Å². The largest absolute Gasteiger partial charge is 0.396 e. The van der Waals surface area contributed by atoms with Crippen molar-refractivity contribution in [2.24, 2.45) is 0 Å². The van der Waals surface area contributed by atoms with Gasteiger partial charge in [-0.15, -0.1) is 11.3 Å². The van der Waals surface area contributed by atoms with Gasteiger partial charge in [0.25, 0.3) is 5.91 Å². The van der Waals surface area contributed by atoms with Crippen LogP contribution in [0, 0.1) is 0 Å². The number of amides is 1. The number of carbonyl (C=O) groups is 1. The molecule has 1 aliphatic rings. The Hall–Kier alpha value is -1.28. The molecule has 1 heterocycles. The third kappa shape index (κ3) is 2.84. The van der Waals surface area contributed by atoms with E-state index in [0.29, 0.717) is 5.00 Å². The number of thiophene rings is 1. The molecule has 1 aromatic rings. The average molecular weight is 303 g/mol. The highest BCUT2D eigenvalue weighted by molar-refractivity contribution is 7.91. The predicted octanol–water partition coefficient (Wildman–Crippen LogP) is 0.692. The van der Waals surface area contributed by atoms with Crippen LogP contribution >= 0.6 is 11.3 Å². The fourth-order valence-electron chi connectivity index (χ4n) is 1.72. The number of sulfone groups is 1. The predicted molar refractivity (Wildman–Crippen MR) is 76.7 cm³/mol. The summed E-state index contributed by atoms with van der Waals surface area (Å²) in [6.07, 6.45) is 3.04. The van der Waals surface area contributed by atoms with Crippen molar-refractivity contribution in [3.05, 3.63) is 4.88 Å². The summed E-state index contributed by atoms with van der Waals surface area (Å²) in [4.78, 5) is 14.0. The van der Waals surface area contributed by atoms with Crippen LogP contribution in [0.3, 0.4) is 0 Å². The lowest BCUT2D eigenvalue weighted by molar-refractivity contribution is 0.0956. The van der Waals surface area contributed by atoms with E-state index in [4.69, 9.17) is 5.73 Å². The highest BCUT2D eigenvalue weighted by Crippen LogP contribution is 2.40. The first-order chi connectivity index (χ1) is 8.71. The van der Waals surface area contributed by atoms with Crippen LogP contribution in [0.4, 0.5) is 10.7 Å². The summed E-state index contributed by atoms with van der Waals surface area (Å²) >= 11 is 1.11. The van der Waals surface area contributed by atoms with Crippen LogP contribution in [0.25, 0.3) is 0 Å². The Bertz CT molecular complexity index is 615. The highest BCUT2D eigenvalue weighted by Gasteiger charge is 2.30. The third-order valence-electron chi connectivity index (χ3n) is 2.78. The number of carbonyl (C=O) groups excluding carboxylic acids is 1. The molecule has 1 aromatic heterocycles. The first-order valence-electron chi connectivity index (χ1n) is 5.82. The zero-order valence-electron chi connectivity index (χ0n) is 11.1. The average Bonchev–Trinajstić information content (AvgIpc) is 2.97. The minimum absolute atomic E-state index is 0.0449. The Kier molecular flexibility index (Phi) is 3.48. The number of hydrogen-bond donors (Lipinski definition) is 2. The van der Waals surface area contributed by atoms with Gasteiger partial charge in [0.2, 0.25) is 0 Å². The lowest BCUT2D eigenvalue weighted by Crippen LogP contribution is -2.25. The number of nitrogens with one attached hydrogen (secondary N) is 1. The SMILES string of the molecule is CN(C)c1sc(C(=O)NC2CC2)c(N)c1S(C)(=O)=O. The van der Waals surface area contributed by atoms with Gasteiger partial charge < -0.3 is 16.0 Å². The number of anilines is 2. The first-order valence-corrected chi connectivity index (χ1v) is 8.53. The molecule has 0 aromatic carbocycles. The van der Waals surface area contributed by atoms with Crippen molar-refractivity contribution in [2.45, 2.75) is 23.8 Å². The summed E-state index contributed by atoms with van der Waals surface area (Å²) < 4.78 is 23.6. The van der Waals surface area contributed by atoms with Crippen molar-refractivity contribution < 1.29 is 13.2 Å². The molecule has 1 saturated carbocycles. The second kappa shape index (κ2) is 4.68. The minimum Gasteiger partial charge on any atom is -0.396 e. The standard InChI is InChI=1S/C11H17N3O3S2/c1-14(2)11-9(19(3,16)17)7(12)8(18-11)10(15)13-6-4-5-6/h6H,4-5,12H2,1-3H3,(H,13,15). The maximum Gasteiger partial charge on any atom is 0.263 e. The number of nitrogens with two attached hydrogens (primary N) is 1. The lowest BCUT2D eigenvalue weighted by Gasteiger charge is -2.11. The molecule has 2 rings (SSSR count). The summed E-state index contributed by atoms with van der Waals surface area (Å²) in [7, 11) is -0.0215. The molecule has 0 saturated heterocycles. The van der Waals surface area contributed by atoms with Crippen molar-refractivity contribution in [2.75, 3.05) is 31.0 Å². The van der Waals surface area contributed by atoms with Crippen LogP contribution in [0.15, 0.2) is 4.90 Å². The molecule has 19 heavy (non-hydrogen) atoms. The van der Waals surface area contributed by atoms with Gasteiger partial charge >= 0.3 is 0 Å². The molecule has 1 amide bonds. The fourth-order valence-corrected chi connectivity index (χ4v) is 4.30. The van der Waals surface area contributed by atoms with Gasteiger partial charge in [-0.05, 0) is 12.8 Å². The lowest BCUT2D eigenvalue weighted by atomic mass is 10.3.